The lowest BCUT2D eigenvalue weighted by Gasteiger charge is -2.09. The molecule has 0 atom stereocenters. The van der Waals surface area contributed by atoms with Crippen molar-refractivity contribution in [1.29, 1.82) is 0 Å². The number of hydrogen-bond donors (Lipinski definition) is 1. The lowest BCUT2D eigenvalue weighted by atomic mass is 10.1. The third kappa shape index (κ3) is 3.43. The van der Waals surface area contributed by atoms with E-state index in [0.717, 1.165) is 17.4 Å². The van der Waals surface area contributed by atoms with Crippen LogP contribution in [0.1, 0.15) is 16.8 Å². The summed E-state index contributed by atoms with van der Waals surface area (Å²) < 4.78 is 45.1. The van der Waals surface area contributed by atoms with Crippen LogP contribution < -0.4 is 4.74 Å². The average molecular weight is 366 g/mol. The quantitative estimate of drug-likeness (QED) is 0.657. The van der Waals surface area contributed by atoms with Crippen LogP contribution in [0, 0.1) is 6.92 Å². The molecule has 0 bridgehead atoms. The number of phenolic OH excluding ortho intramolecular Hbond substituents is 1. The molecule has 0 spiro atoms. The Morgan fingerprint density at radius 3 is 2.72 bits per heavy atom. The third-order valence-electron chi connectivity index (χ3n) is 3.54. The largest absolute Gasteiger partial charge is 0.507 e. The second-order valence-corrected chi connectivity index (χ2v) is 6.15. The van der Waals surface area contributed by atoms with E-state index in [1.54, 1.807) is 12.1 Å². The predicted octanol–water partition coefficient (Wildman–Crippen LogP) is 5.09. The first-order valence-corrected chi connectivity index (χ1v) is 8.04. The number of thiophene rings is 1. The minimum Gasteiger partial charge on any atom is -0.507 e. The molecule has 0 aliphatic heterocycles. The fourth-order valence-corrected chi connectivity index (χ4v) is 3.30. The van der Waals surface area contributed by atoms with Gasteiger partial charge in [-0.1, -0.05) is 0 Å². The van der Waals surface area contributed by atoms with Crippen LogP contribution in [0.2, 0.25) is 0 Å². The number of nitrogens with zero attached hydrogens (tertiary/aromatic N) is 2. The number of halogens is 3. The molecular weight excluding hydrogens is 353 g/mol. The van der Waals surface area contributed by atoms with Crippen LogP contribution >= 0.6 is 11.3 Å². The van der Waals surface area contributed by atoms with Gasteiger partial charge in [-0.15, -0.1) is 11.3 Å². The van der Waals surface area contributed by atoms with Crippen LogP contribution in [0.5, 0.6) is 11.5 Å². The zero-order valence-corrected chi connectivity index (χ0v) is 14.1. The maximum Gasteiger partial charge on any atom is 0.417 e. The van der Waals surface area contributed by atoms with E-state index in [9.17, 15) is 18.3 Å². The highest BCUT2D eigenvalue weighted by Gasteiger charge is 2.34. The minimum absolute atomic E-state index is 0.0401. The minimum atomic E-state index is -4.50. The highest BCUT2D eigenvalue weighted by Crippen LogP contribution is 2.42. The highest BCUT2D eigenvalue weighted by molar-refractivity contribution is 7.17. The van der Waals surface area contributed by atoms with Crippen LogP contribution in [-0.4, -0.2) is 23.4 Å². The second-order valence-electron chi connectivity index (χ2n) is 5.29. The summed E-state index contributed by atoms with van der Waals surface area (Å²) in [7, 11) is 1.48. The van der Waals surface area contributed by atoms with Crippen LogP contribution in [0.25, 0.3) is 10.2 Å². The molecule has 0 unspecified atom stereocenters. The number of aromatic hydroxyl groups is 1. The first-order chi connectivity index (χ1) is 11.8. The Bertz CT molecular complexity index is 964. The number of phenols is 1. The summed E-state index contributed by atoms with van der Waals surface area (Å²) in [5.74, 6) is 0.455. The summed E-state index contributed by atoms with van der Waals surface area (Å²) in [6, 6.07) is 5.55. The zero-order valence-electron chi connectivity index (χ0n) is 13.3. The first kappa shape index (κ1) is 17.2. The Morgan fingerprint density at radius 2 is 2.04 bits per heavy atom. The Hall–Kier alpha value is -2.61. The van der Waals surface area contributed by atoms with E-state index >= 15 is 0 Å². The van der Waals surface area contributed by atoms with Gasteiger partial charge < -0.3 is 9.84 Å². The van der Waals surface area contributed by atoms with Crippen molar-refractivity contribution in [3.05, 3.63) is 46.5 Å². The van der Waals surface area contributed by atoms with Gasteiger partial charge >= 0.3 is 6.18 Å². The van der Waals surface area contributed by atoms with E-state index in [0.29, 0.717) is 17.0 Å². The number of fused-ring (bicyclic) bond motifs is 1. The Labute approximate surface area is 145 Å². The average Bonchev–Trinajstić information content (AvgIpc) is 2.95. The van der Waals surface area contributed by atoms with Crippen molar-refractivity contribution in [3.8, 4) is 11.5 Å². The van der Waals surface area contributed by atoms with E-state index in [2.05, 4.69) is 9.98 Å². The number of pyridine rings is 1. The lowest BCUT2D eigenvalue weighted by Crippen LogP contribution is -2.06. The van der Waals surface area contributed by atoms with Gasteiger partial charge in [-0.05, 0) is 31.2 Å². The molecule has 130 valence electrons. The Morgan fingerprint density at radius 1 is 1.28 bits per heavy atom. The van der Waals surface area contributed by atoms with Gasteiger partial charge in [0, 0.05) is 28.2 Å². The number of aliphatic imine (C=N–C) groups is 1. The fourth-order valence-electron chi connectivity index (χ4n) is 2.37. The van der Waals surface area contributed by atoms with Crippen molar-refractivity contribution in [1.82, 2.24) is 4.98 Å². The molecule has 0 fully saturated rings. The topological polar surface area (TPSA) is 54.7 Å². The fraction of sp³-hybridized carbons (Fsp3) is 0.176. The van der Waals surface area contributed by atoms with E-state index in [1.165, 1.54) is 31.7 Å². The van der Waals surface area contributed by atoms with Crippen LogP contribution in [0.4, 0.5) is 18.9 Å². The van der Waals surface area contributed by atoms with Crippen molar-refractivity contribution >= 4 is 33.5 Å². The smallest absolute Gasteiger partial charge is 0.417 e. The molecule has 2 heterocycles. The summed E-state index contributed by atoms with van der Waals surface area (Å²) in [6.07, 6.45) is -3.20. The van der Waals surface area contributed by atoms with E-state index in [-0.39, 0.29) is 21.7 Å². The Balaban J connectivity index is 2.11. The van der Waals surface area contributed by atoms with Crippen LogP contribution in [-0.2, 0) is 6.18 Å². The normalized spacial score (nSPS) is 12.2. The molecule has 2 aromatic heterocycles. The molecule has 4 nitrogen and oxygen atoms in total. The number of alkyl halides is 3. The monoisotopic (exact) mass is 366 g/mol. The highest BCUT2D eigenvalue weighted by atomic mass is 32.1. The maximum atomic E-state index is 13.3. The van der Waals surface area contributed by atoms with Gasteiger partial charge in [0.2, 0.25) is 0 Å². The molecule has 0 saturated carbocycles. The SMILES string of the molecule is COc1ccc(O)c(C=Nc2csc3nc(C)cc(C(F)(F)F)c23)c1. The number of rotatable bonds is 3. The molecule has 0 aliphatic carbocycles. The van der Waals surface area contributed by atoms with E-state index in [4.69, 9.17) is 4.74 Å². The van der Waals surface area contributed by atoms with Gasteiger partial charge in [-0.25, -0.2) is 4.98 Å². The summed E-state index contributed by atoms with van der Waals surface area (Å²) in [4.78, 5) is 8.55. The molecule has 0 radical (unpaired) electrons. The molecule has 8 heteroatoms. The molecule has 0 aliphatic rings. The van der Waals surface area contributed by atoms with Gasteiger partial charge in [0.25, 0.3) is 0 Å². The molecular formula is C17H13F3N2O2S. The van der Waals surface area contributed by atoms with Crippen molar-refractivity contribution in [2.45, 2.75) is 13.1 Å². The molecule has 25 heavy (non-hydrogen) atoms. The van der Waals surface area contributed by atoms with Gasteiger partial charge in [-0.3, -0.25) is 4.99 Å². The van der Waals surface area contributed by atoms with Crippen LogP contribution in [0.3, 0.4) is 0 Å². The Kier molecular flexibility index (Phi) is 4.38. The molecule has 1 aromatic carbocycles. The number of aryl methyl sites for hydroxylation is 1. The number of hydrogen-bond acceptors (Lipinski definition) is 5. The number of aromatic nitrogens is 1. The van der Waals surface area contributed by atoms with Gasteiger partial charge in [0.05, 0.1) is 18.4 Å². The van der Waals surface area contributed by atoms with Gasteiger partial charge in [0.15, 0.2) is 0 Å². The number of benzene rings is 1. The zero-order chi connectivity index (χ0) is 18.2. The first-order valence-electron chi connectivity index (χ1n) is 7.16. The molecule has 0 amide bonds. The van der Waals surface area contributed by atoms with Crippen molar-refractivity contribution in [2.75, 3.05) is 7.11 Å². The standard InChI is InChI=1S/C17H13F3N2O2S/c1-9-5-12(17(18,19)20)15-13(8-25-16(15)22-9)21-7-10-6-11(24-2)3-4-14(10)23/h3-8,23H,1-2H3. The summed E-state index contributed by atoms with van der Waals surface area (Å²) in [5, 5.41) is 11.3. The van der Waals surface area contributed by atoms with E-state index < -0.39 is 11.7 Å². The lowest BCUT2D eigenvalue weighted by molar-refractivity contribution is -0.136. The van der Waals surface area contributed by atoms with E-state index in [1.807, 2.05) is 0 Å². The van der Waals surface area contributed by atoms with Crippen molar-refractivity contribution in [3.63, 3.8) is 0 Å². The maximum absolute atomic E-state index is 13.3. The summed E-state index contributed by atoms with van der Waals surface area (Å²) in [5.41, 5.74) is 0.0234. The van der Waals surface area contributed by atoms with Gasteiger partial charge in [0.1, 0.15) is 16.3 Å². The number of methoxy groups -OCH3 is 1. The van der Waals surface area contributed by atoms with Crippen molar-refractivity contribution in [2.24, 2.45) is 4.99 Å². The molecule has 3 rings (SSSR count). The molecule has 0 saturated heterocycles. The van der Waals surface area contributed by atoms with Crippen molar-refractivity contribution < 1.29 is 23.0 Å². The number of ether oxygens (including phenoxy) is 1. The second kappa shape index (κ2) is 6.36. The van der Waals surface area contributed by atoms with Crippen LogP contribution in [0.15, 0.2) is 34.6 Å². The third-order valence-corrected chi connectivity index (χ3v) is 4.40. The molecule has 3 aromatic rings. The molecule has 1 N–H and O–H groups in total. The summed E-state index contributed by atoms with van der Waals surface area (Å²) in [6.45, 7) is 1.52. The van der Waals surface area contributed by atoms with Gasteiger partial charge in [-0.2, -0.15) is 13.2 Å². The summed E-state index contributed by atoms with van der Waals surface area (Å²) >= 11 is 1.09. The predicted molar refractivity (Wildman–Crippen MR) is 91.3 cm³/mol.